The van der Waals surface area contributed by atoms with Crippen LogP contribution in [0.2, 0.25) is 0 Å². The highest BCUT2D eigenvalue weighted by Gasteiger charge is 2.40. The van der Waals surface area contributed by atoms with E-state index in [0.717, 1.165) is 11.3 Å². The number of ether oxygens (including phenoxy) is 2. The first-order valence-corrected chi connectivity index (χ1v) is 12.8. The number of carbonyl (C=O) groups is 1. The Labute approximate surface area is 225 Å². The zero-order chi connectivity index (χ0) is 27.0. The summed E-state index contributed by atoms with van der Waals surface area (Å²) in [5.74, 6) is 1.60. The van der Waals surface area contributed by atoms with Gasteiger partial charge in [-0.15, -0.1) is 0 Å². The molecule has 1 fully saturated rings. The molecule has 1 aliphatic carbocycles. The number of alkyl halides is 1. The first-order valence-electron chi connectivity index (χ1n) is 12.8. The summed E-state index contributed by atoms with van der Waals surface area (Å²) in [6.45, 7) is 2.31. The Morgan fingerprint density at radius 2 is 1.85 bits per heavy atom. The Hall–Kier alpha value is -4.66. The maximum absolute atomic E-state index is 13.9. The summed E-state index contributed by atoms with van der Waals surface area (Å²) < 4.78 is 26.1. The number of hydrogen-bond acceptors (Lipinski definition) is 7. The van der Waals surface area contributed by atoms with Crippen LogP contribution in [0.5, 0.6) is 11.5 Å². The van der Waals surface area contributed by atoms with E-state index in [1.54, 1.807) is 61.7 Å². The number of amides is 1. The van der Waals surface area contributed by atoms with E-state index in [1.165, 1.54) is 0 Å². The second-order valence-corrected chi connectivity index (χ2v) is 10.3. The van der Waals surface area contributed by atoms with E-state index in [1.807, 2.05) is 18.2 Å². The van der Waals surface area contributed by atoms with Gasteiger partial charge in [0.1, 0.15) is 23.8 Å². The van der Waals surface area contributed by atoms with Gasteiger partial charge in [0, 0.05) is 39.9 Å². The van der Waals surface area contributed by atoms with Crippen molar-refractivity contribution in [2.45, 2.75) is 32.0 Å². The average molecular weight is 526 g/mol. The van der Waals surface area contributed by atoms with Crippen molar-refractivity contribution in [1.82, 2.24) is 9.97 Å². The molecule has 1 amide bonds. The predicted molar refractivity (Wildman–Crippen MR) is 148 cm³/mol. The largest absolute Gasteiger partial charge is 0.493 e. The fraction of sp³-hybridized carbons (Fsp3) is 0.233. The van der Waals surface area contributed by atoms with E-state index < -0.39 is 5.67 Å². The number of nitrogens with two attached hydrogens (primary N) is 1. The molecule has 4 aromatic rings. The molecule has 0 radical (unpaired) electrons. The van der Waals surface area contributed by atoms with Crippen molar-refractivity contribution < 1.29 is 18.7 Å². The van der Waals surface area contributed by atoms with Crippen molar-refractivity contribution >= 4 is 28.9 Å². The lowest BCUT2D eigenvalue weighted by Gasteiger charge is -2.38. The Balaban J connectivity index is 1.34. The lowest BCUT2D eigenvalue weighted by atomic mass is 9.74. The standard InChI is InChI=1S/C30H28FN5O3/c1-30(31)14-18(15-30)16-39-27-9-5-22-12-20(27)17-38-23-6-3-21(4-7-23)34-28(37)19-2-8-24(25(32)13-19)26-10-11-33-29(35-22)36-26/h2-13,18H,14-17,32H2,1H3,(H,34,37)(H,33,35,36). The summed E-state index contributed by atoms with van der Waals surface area (Å²) in [6, 6.07) is 19.7. The molecule has 0 unspecified atom stereocenters. The Kier molecular flexibility index (Phi) is 6.26. The van der Waals surface area contributed by atoms with Gasteiger partial charge >= 0.3 is 0 Å². The van der Waals surface area contributed by atoms with Crippen LogP contribution in [-0.4, -0.2) is 28.2 Å². The third-order valence-corrected chi connectivity index (χ3v) is 6.97. The molecular formula is C30H28FN5O3. The summed E-state index contributed by atoms with van der Waals surface area (Å²) in [4.78, 5) is 21.8. The molecular weight excluding hydrogens is 497 g/mol. The van der Waals surface area contributed by atoms with Gasteiger partial charge in [0.15, 0.2) is 0 Å². The van der Waals surface area contributed by atoms with E-state index in [-0.39, 0.29) is 18.4 Å². The van der Waals surface area contributed by atoms with Crippen LogP contribution in [0.4, 0.5) is 27.4 Å². The number of rotatable bonds is 3. The molecule has 0 saturated heterocycles. The van der Waals surface area contributed by atoms with Crippen molar-refractivity contribution in [3.05, 3.63) is 84.1 Å². The number of anilines is 4. The van der Waals surface area contributed by atoms with Crippen LogP contribution >= 0.6 is 0 Å². The Morgan fingerprint density at radius 1 is 1.05 bits per heavy atom. The lowest BCUT2D eigenvalue weighted by molar-refractivity contribution is 0.00213. The van der Waals surface area contributed by atoms with Crippen LogP contribution < -0.4 is 25.8 Å². The zero-order valence-electron chi connectivity index (χ0n) is 21.4. The van der Waals surface area contributed by atoms with Crippen LogP contribution in [0.15, 0.2) is 72.9 Å². The van der Waals surface area contributed by atoms with Crippen molar-refractivity contribution in [1.29, 1.82) is 0 Å². The number of hydrogen-bond donors (Lipinski definition) is 3. The maximum atomic E-state index is 13.9. The number of nitrogens with one attached hydrogen (secondary N) is 2. The Morgan fingerprint density at radius 3 is 2.62 bits per heavy atom. The molecule has 4 aliphatic rings. The lowest BCUT2D eigenvalue weighted by Crippen LogP contribution is -2.39. The number of aromatic nitrogens is 2. The second-order valence-electron chi connectivity index (χ2n) is 10.3. The molecule has 8 nitrogen and oxygen atoms in total. The third kappa shape index (κ3) is 5.47. The number of fused-ring (bicyclic) bond motifs is 2. The molecule has 1 saturated carbocycles. The molecule has 4 N–H and O–H groups in total. The monoisotopic (exact) mass is 525 g/mol. The molecule has 3 aliphatic heterocycles. The fourth-order valence-electron chi connectivity index (χ4n) is 5.01. The first-order chi connectivity index (χ1) is 18.8. The van der Waals surface area contributed by atoms with Crippen molar-refractivity contribution in [3.63, 3.8) is 0 Å². The summed E-state index contributed by atoms with van der Waals surface area (Å²) >= 11 is 0. The molecule has 8 bridgehead atoms. The molecule has 0 atom stereocenters. The molecule has 1 aromatic heterocycles. The summed E-state index contributed by atoms with van der Waals surface area (Å²) in [5.41, 5.74) is 9.59. The smallest absolute Gasteiger partial charge is 0.255 e. The quantitative estimate of drug-likeness (QED) is 0.276. The number of nitrogen functional groups attached to an aromatic ring is 1. The molecule has 8 rings (SSSR count). The summed E-state index contributed by atoms with van der Waals surface area (Å²) in [5, 5.41) is 6.13. The van der Waals surface area contributed by atoms with Gasteiger partial charge in [-0.25, -0.2) is 14.4 Å². The predicted octanol–water partition coefficient (Wildman–Crippen LogP) is 6.13. The van der Waals surface area contributed by atoms with Crippen molar-refractivity contribution in [2.75, 3.05) is 23.0 Å². The van der Waals surface area contributed by atoms with Gasteiger partial charge in [-0.05, 0) is 92.4 Å². The highest BCUT2D eigenvalue weighted by molar-refractivity contribution is 6.05. The van der Waals surface area contributed by atoms with E-state index in [2.05, 4.69) is 20.6 Å². The zero-order valence-corrected chi connectivity index (χ0v) is 21.4. The molecule has 9 heteroatoms. The minimum atomic E-state index is -1.10. The topological polar surface area (TPSA) is 111 Å². The van der Waals surface area contributed by atoms with Gasteiger partial charge in [0.2, 0.25) is 5.95 Å². The van der Waals surface area contributed by atoms with Crippen LogP contribution in [0, 0.1) is 5.92 Å². The highest BCUT2D eigenvalue weighted by Crippen LogP contribution is 2.41. The van der Waals surface area contributed by atoms with Gasteiger partial charge in [0.25, 0.3) is 5.91 Å². The minimum absolute atomic E-state index is 0.189. The fourth-order valence-corrected chi connectivity index (χ4v) is 5.01. The molecule has 3 aromatic carbocycles. The third-order valence-electron chi connectivity index (χ3n) is 6.97. The van der Waals surface area contributed by atoms with Crippen LogP contribution in [0.25, 0.3) is 11.3 Å². The van der Waals surface area contributed by atoms with Gasteiger partial charge < -0.3 is 25.8 Å². The average Bonchev–Trinajstić information content (AvgIpc) is 2.90. The van der Waals surface area contributed by atoms with E-state index in [9.17, 15) is 9.18 Å². The van der Waals surface area contributed by atoms with Crippen molar-refractivity contribution in [2.24, 2.45) is 5.92 Å². The van der Waals surface area contributed by atoms with Gasteiger partial charge in [0.05, 0.1) is 12.3 Å². The molecule has 0 spiro atoms. The van der Waals surface area contributed by atoms with Gasteiger partial charge in [-0.2, -0.15) is 0 Å². The van der Waals surface area contributed by atoms with Crippen LogP contribution in [0.3, 0.4) is 0 Å². The SMILES string of the molecule is CC1(F)CC(COc2ccc3cc2COc2ccc(cc2)NC(=O)c2ccc(c(N)c2)-c2ccnc(n2)N3)C1. The first kappa shape index (κ1) is 24.7. The van der Waals surface area contributed by atoms with Crippen molar-refractivity contribution in [3.8, 4) is 22.8 Å². The molecule has 198 valence electrons. The van der Waals surface area contributed by atoms with Crippen LogP contribution in [-0.2, 0) is 6.61 Å². The molecule has 4 heterocycles. The summed E-state index contributed by atoms with van der Waals surface area (Å²) in [6.07, 6.45) is 2.65. The summed E-state index contributed by atoms with van der Waals surface area (Å²) in [7, 11) is 0. The number of nitrogens with zero attached hydrogens (tertiary/aromatic N) is 2. The van der Waals surface area contributed by atoms with E-state index >= 15 is 0 Å². The minimum Gasteiger partial charge on any atom is -0.493 e. The number of halogens is 1. The van der Waals surface area contributed by atoms with Gasteiger partial charge in [-0.1, -0.05) is 0 Å². The number of carbonyl (C=O) groups excluding carboxylic acids is 1. The normalized spacial score (nSPS) is 19.9. The van der Waals surface area contributed by atoms with E-state index in [0.29, 0.717) is 65.1 Å². The Bertz CT molecular complexity index is 1530. The highest BCUT2D eigenvalue weighted by atomic mass is 19.1. The number of benzene rings is 3. The van der Waals surface area contributed by atoms with E-state index in [4.69, 9.17) is 15.2 Å². The second kappa shape index (κ2) is 9.90. The molecule has 39 heavy (non-hydrogen) atoms. The van der Waals surface area contributed by atoms with Gasteiger partial charge in [-0.3, -0.25) is 4.79 Å². The van der Waals surface area contributed by atoms with Crippen LogP contribution in [0.1, 0.15) is 35.7 Å². The maximum Gasteiger partial charge on any atom is 0.255 e.